The zero-order valence-electron chi connectivity index (χ0n) is 9.95. The highest BCUT2D eigenvalue weighted by atomic mass is 35.5. The van der Waals surface area contributed by atoms with E-state index in [1.165, 1.54) is 6.42 Å². The third kappa shape index (κ3) is 3.65. The Morgan fingerprint density at radius 1 is 1.60 bits per heavy atom. The second-order valence-corrected chi connectivity index (χ2v) is 4.82. The van der Waals surface area contributed by atoms with Crippen LogP contribution in [0.15, 0.2) is 0 Å². The molecule has 2 atom stereocenters. The second kappa shape index (κ2) is 5.71. The summed E-state index contributed by atoms with van der Waals surface area (Å²) in [6.07, 6.45) is 3.48. The maximum absolute atomic E-state index is 11.7. The van der Waals surface area contributed by atoms with Gasteiger partial charge < -0.3 is 10.6 Å². The van der Waals surface area contributed by atoms with Crippen LogP contribution in [0.3, 0.4) is 0 Å². The number of nitrogens with two attached hydrogens (primary N) is 1. The molecular weight excluding hydrogens is 212 g/mol. The van der Waals surface area contributed by atoms with Gasteiger partial charge in [0.1, 0.15) is 0 Å². The van der Waals surface area contributed by atoms with Crippen LogP contribution in [0.1, 0.15) is 40.0 Å². The molecule has 1 aliphatic heterocycles. The molecule has 1 amide bonds. The van der Waals surface area contributed by atoms with Crippen LogP contribution in [0.5, 0.6) is 0 Å². The van der Waals surface area contributed by atoms with Crippen molar-refractivity contribution in [3.8, 4) is 0 Å². The van der Waals surface area contributed by atoms with Crippen molar-refractivity contribution in [2.24, 2.45) is 11.1 Å². The van der Waals surface area contributed by atoms with Gasteiger partial charge in [-0.25, -0.2) is 0 Å². The molecule has 15 heavy (non-hydrogen) atoms. The number of halogens is 1. The predicted octanol–water partition coefficient (Wildman–Crippen LogP) is 1.79. The largest absolute Gasteiger partial charge is 0.341 e. The van der Waals surface area contributed by atoms with Crippen LogP contribution in [0.2, 0.25) is 0 Å². The minimum atomic E-state index is -0.353. The molecule has 1 fully saturated rings. The smallest absolute Gasteiger partial charge is 0.239 e. The molecule has 0 aromatic carbocycles. The molecule has 3 nitrogen and oxygen atoms in total. The Labute approximate surface area is 98.8 Å². The Kier molecular flexibility index (Phi) is 5.60. The van der Waals surface area contributed by atoms with Crippen LogP contribution >= 0.6 is 12.4 Å². The van der Waals surface area contributed by atoms with Gasteiger partial charge in [-0.3, -0.25) is 4.79 Å². The minimum absolute atomic E-state index is 0. The van der Waals surface area contributed by atoms with Gasteiger partial charge in [0.25, 0.3) is 0 Å². The highest BCUT2D eigenvalue weighted by Gasteiger charge is 2.32. The average Bonchev–Trinajstić information content (AvgIpc) is 2.16. The zero-order valence-corrected chi connectivity index (χ0v) is 10.8. The molecule has 1 unspecified atom stereocenters. The van der Waals surface area contributed by atoms with Crippen molar-refractivity contribution in [3.05, 3.63) is 0 Å². The Morgan fingerprint density at radius 2 is 2.20 bits per heavy atom. The fourth-order valence-electron chi connectivity index (χ4n) is 2.08. The van der Waals surface area contributed by atoms with E-state index < -0.39 is 0 Å². The van der Waals surface area contributed by atoms with Gasteiger partial charge in [-0.2, -0.15) is 0 Å². The second-order valence-electron chi connectivity index (χ2n) is 4.82. The Balaban J connectivity index is 0.00000196. The quantitative estimate of drug-likeness (QED) is 0.792. The first-order chi connectivity index (χ1) is 6.48. The van der Waals surface area contributed by atoms with Gasteiger partial charge in [-0.1, -0.05) is 13.8 Å². The number of hydrogen-bond donors (Lipinski definition) is 1. The van der Waals surface area contributed by atoms with E-state index in [9.17, 15) is 4.79 Å². The van der Waals surface area contributed by atoms with E-state index in [-0.39, 0.29) is 24.4 Å². The summed E-state index contributed by atoms with van der Waals surface area (Å²) in [7, 11) is 0. The summed E-state index contributed by atoms with van der Waals surface area (Å²) in [6, 6.07) is -0.353. The number of nitrogens with zero attached hydrogens (tertiary/aromatic N) is 1. The van der Waals surface area contributed by atoms with Crippen molar-refractivity contribution < 1.29 is 4.79 Å². The lowest BCUT2D eigenvalue weighted by atomic mass is 9.79. The maximum atomic E-state index is 11.7. The van der Waals surface area contributed by atoms with Gasteiger partial charge in [0, 0.05) is 13.1 Å². The first kappa shape index (κ1) is 14.7. The van der Waals surface area contributed by atoms with Gasteiger partial charge >= 0.3 is 0 Å². The van der Waals surface area contributed by atoms with Gasteiger partial charge in [-0.05, 0) is 31.6 Å². The fourth-order valence-corrected chi connectivity index (χ4v) is 2.08. The Morgan fingerprint density at radius 3 is 2.67 bits per heavy atom. The van der Waals surface area contributed by atoms with Gasteiger partial charge in [0.2, 0.25) is 5.91 Å². The highest BCUT2D eigenvalue weighted by molar-refractivity contribution is 5.85. The number of piperidine rings is 1. The highest BCUT2D eigenvalue weighted by Crippen LogP contribution is 2.32. The molecule has 1 heterocycles. The van der Waals surface area contributed by atoms with Crippen LogP contribution in [-0.2, 0) is 4.79 Å². The summed E-state index contributed by atoms with van der Waals surface area (Å²) in [5, 5.41) is 0. The van der Waals surface area contributed by atoms with Crippen LogP contribution in [-0.4, -0.2) is 29.9 Å². The third-order valence-electron chi connectivity index (χ3n) is 3.34. The van der Waals surface area contributed by atoms with Gasteiger partial charge in [0.05, 0.1) is 6.04 Å². The van der Waals surface area contributed by atoms with E-state index >= 15 is 0 Å². The molecule has 0 spiro atoms. The molecule has 90 valence electrons. The van der Waals surface area contributed by atoms with Gasteiger partial charge in [-0.15, -0.1) is 12.4 Å². The minimum Gasteiger partial charge on any atom is -0.341 e. The van der Waals surface area contributed by atoms with Crippen molar-refractivity contribution in [2.75, 3.05) is 13.1 Å². The number of hydrogen-bond acceptors (Lipinski definition) is 2. The molecule has 2 N–H and O–H groups in total. The van der Waals surface area contributed by atoms with Crippen LogP contribution in [0.25, 0.3) is 0 Å². The van der Waals surface area contributed by atoms with E-state index in [2.05, 4.69) is 13.8 Å². The van der Waals surface area contributed by atoms with E-state index in [1.807, 2.05) is 4.90 Å². The molecule has 0 radical (unpaired) electrons. The number of amides is 1. The molecule has 4 heteroatoms. The first-order valence-electron chi connectivity index (χ1n) is 5.53. The number of likely N-dealkylation sites (tertiary alicyclic amines) is 1. The van der Waals surface area contributed by atoms with E-state index in [4.69, 9.17) is 5.73 Å². The summed E-state index contributed by atoms with van der Waals surface area (Å²) in [5.41, 5.74) is 5.91. The monoisotopic (exact) mass is 234 g/mol. The van der Waals surface area contributed by atoms with Crippen LogP contribution < -0.4 is 5.73 Å². The molecule has 0 aromatic rings. The molecule has 0 aromatic heterocycles. The standard InChI is InChI=1S/C11H22N2O.ClH/c1-4-11(3)6-5-7-13(8-11)10(14)9(2)12;/h9H,4-8,12H2,1-3H3;1H/t9-,11?;/m0./s1. The fraction of sp³-hybridized carbons (Fsp3) is 0.909. The number of carbonyl (C=O) groups excluding carboxylic acids is 1. The lowest BCUT2D eigenvalue weighted by Crippen LogP contribution is -2.49. The Bertz CT molecular complexity index is 221. The third-order valence-corrected chi connectivity index (χ3v) is 3.34. The molecule has 0 bridgehead atoms. The van der Waals surface area contributed by atoms with E-state index in [0.29, 0.717) is 5.41 Å². The number of rotatable bonds is 2. The summed E-state index contributed by atoms with van der Waals surface area (Å²) in [5.74, 6) is 0.101. The van der Waals surface area contributed by atoms with Crippen molar-refractivity contribution in [2.45, 2.75) is 46.1 Å². The van der Waals surface area contributed by atoms with Crippen molar-refractivity contribution in [3.63, 3.8) is 0 Å². The Hall–Kier alpha value is -0.280. The lowest BCUT2D eigenvalue weighted by Gasteiger charge is -2.40. The van der Waals surface area contributed by atoms with Crippen molar-refractivity contribution in [1.82, 2.24) is 4.90 Å². The molecule has 1 saturated heterocycles. The van der Waals surface area contributed by atoms with Gasteiger partial charge in [0.15, 0.2) is 0 Å². The summed E-state index contributed by atoms with van der Waals surface area (Å²) >= 11 is 0. The number of carbonyl (C=O) groups is 1. The molecule has 0 aliphatic carbocycles. The molecule has 0 saturated carbocycles. The topological polar surface area (TPSA) is 46.3 Å². The normalized spacial score (nSPS) is 28.1. The summed E-state index contributed by atoms with van der Waals surface area (Å²) < 4.78 is 0. The predicted molar refractivity (Wildman–Crippen MR) is 65.1 cm³/mol. The molecule has 1 aliphatic rings. The maximum Gasteiger partial charge on any atom is 0.239 e. The SMILES string of the molecule is CCC1(C)CCCN(C(=O)[C@H](C)N)C1.Cl. The van der Waals surface area contributed by atoms with E-state index in [1.54, 1.807) is 6.92 Å². The summed E-state index contributed by atoms with van der Waals surface area (Å²) in [6.45, 7) is 7.98. The zero-order chi connectivity index (χ0) is 10.8. The lowest BCUT2D eigenvalue weighted by molar-refractivity contribution is -0.135. The van der Waals surface area contributed by atoms with Crippen molar-refractivity contribution >= 4 is 18.3 Å². The van der Waals surface area contributed by atoms with Crippen LogP contribution in [0, 0.1) is 5.41 Å². The molecule has 1 rings (SSSR count). The van der Waals surface area contributed by atoms with E-state index in [0.717, 1.165) is 25.9 Å². The first-order valence-corrected chi connectivity index (χ1v) is 5.53. The average molecular weight is 235 g/mol. The van der Waals surface area contributed by atoms with Crippen molar-refractivity contribution in [1.29, 1.82) is 0 Å². The van der Waals surface area contributed by atoms with Crippen LogP contribution in [0.4, 0.5) is 0 Å². The molecular formula is C11H23ClN2O. The summed E-state index contributed by atoms with van der Waals surface area (Å²) in [4.78, 5) is 13.6.